The van der Waals surface area contributed by atoms with Gasteiger partial charge in [-0.25, -0.2) is 13.6 Å². The molecule has 1 saturated heterocycles. The summed E-state index contributed by atoms with van der Waals surface area (Å²) in [4.78, 5) is 14.3. The van der Waals surface area contributed by atoms with Gasteiger partial charge in [-0.3, -0.25) is 0 Å². The minimum absolute atomic E-state index is 0.108. The second kappa shape index (κ2) is 8.22. The van der Waals surface area contributed by atoms with E-state index in [-0.39, 0.29) is 5.69 Å². The van der Waals surface area contributed by atoms with E-state index in [0.29, 0.717) is 17.4 Å². The van der Waals surface area contributed by atoms with Crippen molar-refractivity contribution in [1.29, 1.82) is 0 Å². The first-order chi connectivity index (χ1) is 14.1. The van der Waals surface area contributed by atoms with Crippen molar-refractivity contribution in [3.05, 3.63) is 66.2 Å². The van der Waals surface area contributed by atoms with Crippen molar-refractivity contribution in [2.24, 2.45) is 0 Å². The number of benzene rings is 2. The van der Waals surface area contributed by atoms with Crippen LogP contribution < -0.4 is 15.5 Å². The number of carbonyl (C=O) groups is 1. The maximum atomic E-state index is 13.7. The number of aromatic nitrogens is 2. The Hall–Kier alpha value is -3.55. The SMILES string of the molecule is O=C(Nc1cccc(-c2ccc(N3CCCC3)nn2)c1)Nc1ccc(F)cc1F. The summed E-state index contributed by atoms with van der Waals surface area (Å²) < 4.78 is 26.6. The van der Waals surface area contributed by atoms with Crippen LogP contribution in [0.5, 0.6) is 0 Å². The van der Waals surface area contributed by atoms with E-state index in [0.717, 1.165) is 36.6 Å². The molecule has 3 aromatic rings. The first-order valence-corrected chi connectivity index (χ1v) is 9.31. The Balaban J connectivity index is 1.44. The summed E-state index contributed by atoms with van der Waals surface area (Å²) in [6.07, 6.45) is 2.34. The van der Waals surface area contributed by atoms with Crippen LogP contribution in [0, 0.1) is 11.6 Å². The number of urea groups is 1. The number of nitrogens with zero attached hydrogens (tertiary/aromatic N) is 3. The van der Waals surface area contributed by atoms with Gasteiger partial charge >= 0.3 is 6.03 Å². The average molecular weight is 395 g/mol. The Morgan fingerprint density at radius 1 is 0.931 bits per heavy atom. The van der Waals surface area contributed by atoms with Gasteiger partial charge in [-0.2, -0.15) is 0 Å². The summed E-state index contributed by atoms with van der Waals surface area (Å²) in [5, 5.41) is 13.6. The average Bonchev–Trinajstić information content (AvgIpc) is 3.25. The number of nitrogens with one attached hydrogen (secondary N) is 2. The maximum absolute atomic E-state index is 13.7. The lowest BCUT2D eigenvalue weighted by molar-refractivity contribution is 0.262. The standard InChI is InChI=1S/C21H19F2N5O/c22-15-6-7-19(17(23)13-15)25-21(29)24-16-5-3-4-14(12-16)18-8-9-20(27-26-18)28-10-1-2-11-28/h3-9,12-13H,1-2,10-11H2,(H2,24,25,29). The van der Waals surface area contributed by atoms with Crippen molar-refractivity contribution < 1.29 is 13.6 Å². The van der Waals surface area contributed by atoms with E-state index in [2.05, 4.69) is 25.7 Å². The molecule has 1 aromatic heterocycles. The molecule has 0 unspecified atom stereocenters. The molecule has 2 N–H and O–H groups in total. The van der Waals surface area contributed by atoms with E-state index in [1.165, 1.54) is 12.8 Å². The monoisotopic (exact) mass is 395 g/mol. The topological polar surface area (TPSA) is 70.2 Å². The number of halogens is 2. The lowest BCUT2D eigenvalue weighted by Gasteiger charge is -2.15. The third-order valence-electron chi connectivity index (χ3n) is 4.68. The van der Waals surface area contributed by atoms with Crippen molar-refractivity contribution >= 4 is 23.2 Å². The molecule has 0 bridgehead atoms. The van der Waals surface area contributed by atoms with Gasteiger partial charge in [0.05, 0.1) is 11.4 Å². The van der Waals surface area contributed by atoms with Gasteiger partial charge in [0.1, 0.15) is 11.6 Å². The number of hydrogen-bond donors (Lipinski definition) is 2. The fourth-order valence-electron chi connectivity index (χ4n) is 3.23. The number of amides is 2. The van der Waals surface area contributed by atoms with E-state index in [9.17, 15) is 13.6 Å². The molecular formula is C21H19F2N5O. The van der Waals surface area contributed by atoms with Gasteiger partial charge in [-0.15, -0.1) is 10.2 Å². The Morgan fingerprint density at radius 2 is 1.76 bits per heavy atom. The zero-order valence-electron chi connectivity index (χ0n) is 15.5. The van der Waals surface area contributed by atoms with Crippen molar-refractivity contribution in [1.82, 2.24) is 10.2 Å². The molecule has 2 amide bonds. The molecule has 0 saturated carbocycles. The van der Waals surface area contributed by atoms with E-state index < -0.39 is 17.7 Å². The van der Waals surface area contributed by atoms with Crippen LogP contribution in [0.3, 0.4) is 0 Å². The molecule has 0 atom stereocenters. The van der Waals surface area contributed by atoms with Crippen molar-refractivity contribution in [2.45, 2.75) is 12.8 Å². The smallest absolute Gasteiger partial charge is 0.323 e. The largest absolute Gasteiger partial charge is 0.355 e. The predicted octanol–water partition coefficient (Wildman–Crippen LogP) is 4.67. The summed E-state index contributed by atoms with van der Waals surface area (Å²) >= 11 is 0. The van der Waals surface area contributed by atoms with Crippen molar-refractivity contribution in [3.63, 3.8) is 0 Å². The molecule has 2 aromatic carbocycles. The highest BCUT2D eigenvalue weighted by molar-refractivity contribution is 6.00. The Morgan fingerprint density at radius 3 is 2.48 bits per heavy atom. The number of rotatable bonds is 4. The Labute approximate surface area is 166 Å². The zero-order valence-corrected chi connectivity index (χ0v) is 15.5. The van der Waals surface area contributed by atoms with Crippen molar-refractivity contribution in [3.8, 4) is 11.3 Å². The molecule has 8 heteroatoms. The highest BCUT2D eigenvalue weighted by Gasteiger charge is 2.14. The third kappa shape index (κ3) is 4.48. The summed E-state index contributed by atoms with van der Waals surface area (Å²) in [6.45, 7) is 1.99. The van der Waals surface area contributed by atoms with E-state index >= 15 is 0 Å². The Bertz CT molecular complexity index is 1020. The second-order valence-corrected chi connectivity index (χ2v) is 6.76. The number of carbonyl (C=O) groups excluding carboxylic acids is 1. The molecule has 0 aliphatic carbocycles. The molecule has 6 nitrogen and oxygen atoms in total. The quantitative estimate of drug-likeness (QED) is 0.674. The van der Waals surface area contributed by atoms with Gasteiger partial charge in [-0.05, 0) is 49.2 Å². The van der Waals surface area contributed by atoms with Gasteiger partial charge in [0.15, 0.2) is 5.82 Å². The molecule has 4 rings (SSSR count). The normalized spacial score (nSPS) is 13.4. The maximum Gasteiger partial charge on any atom is 0.323 e. The summed E-state index contributed by atoms with van der Waals surface area (Å²) in [7, 11) is 0. The first-order valence-electron chi connectivity index (χ1n) is 9.31. The van der Waals surface area contributed by atoms with E-state index in [1.807, 2.05) is 18.2 Å². The molecule has 2 heterocycles. The summed E-state index contributed by atoms with van der Waals surface area (Å²) in [6, 6.07) is 13.2. The summed E-state index contributed by atoms with van der Waals surface area (Å²) in [5.41, 5.74) is 1.87. The van der Waals surface area contributed by atoms with Gasteiger partial charge in [0, 0.05) is 30.4 Å². The molecule has 1 aliphatic rings. The lowest BCUT2D eigenvalue weighted by Crippen LogP contribution is -2.20. The van der Waals surface area contributed by atoms with E-state index in [4.69, 9.17) is 0 Å². The highest BCUT2D eigenvalue weighted by Crippen LogP contribution is 2.23. The fraction of sp³-hybridized carbons (Fsp3) is 0.190. The highest BCUT2D eigenvalue weighted by atomic mass is 19.1. The fourth-order valence-corrected chi connectivity index (χ4v) is 3.23. The van der Waals surface area contributed by atoms with Crippen molar-refractivity contribution in [2.75, 3.05) is 28.6 Å². The number of anilines is 3. The molecule has 1 fully saturated rings. The second-order valence-electron chi connectivity index (χ2n) is 6.76. The van der Waals surface area contributed by atoms with Crippen LogP contribution in [0.2, 0.25) is 0 Å². The first kappa shape index (κ1) is 18.8. The van der Waals surface area contributed by atoms with Crippen LogP contribution >= 0.6 is 0 Å². The van der Waals surface area contributed by atoms with Crippen LogP contribution in [0.4, 0.5) is 30.8 Å². The van der Waals surface area contributed by atoms with Crippen LogP contribution in [-0.2, 0) is 0 Å². The molecule has 0 radical (unpaired) electrons. The van der Waals surface area contributed by atoms with Crippen LogP contribution in [0.1, 0.15) is 12.8 Å². The number of hydrogen-bond acceptors (Lipinski definition) is 4. The minimum atomic E-state index is -0.845. The van der Waals surface area contributed by atoms with Gasteiger partial charge in [0.2, 0.25) is 0 Å². The zero-order chi connectivity index (χ0) is 20.2. The van der Waals surface area contributed by atoms with E-state index in [1.54, 1.807) is 18.2 Å². The van der Waals surface area contributed by atoms with Crippen LogP contribution in [-0.4, -0.2) is 29.3 Å². The molecular weight excluding hydrogens is 376 g/mol. The molecule has 29 heavy (non-hydrogen) atoms. The predicted molar refractivity (Wildman–Crippen MR) is 108 cm³/mol. The Kier molecular flexibility index (Phi) is 5.33. The minimum Gasteiger partial charge on any atom is -0.355 e. The van der Waals surface area contributed by atoms with Gasteiger partial charge in [0.25, 0.3) is 0 Å². The molecule has 0 spiro atoms. The van der Waals surface area contributed by atoms with Gasteiger partial charge in [-0.1, -0.05) is 12.1 Å². The third-order valence-corrected chi connectivity index (χ3v) is 4.68. The molecule has 148 valence electrons. The lowest BCUT2D eigenvalue weighted by atomic mass is 10.1. The van der Waals surface area contributed by atoms with Crippen LogP contribution in [0.15, 0.2) is 54.6 Å². The van der Waals surface area contributed by atoms with Crippen LogP contribution in [0.25, 0.3) is 11.3 Å². The van der Waals surface area contributed by atoms with Gasteiger partial charge < -0.3 is 15.5 Å². The summed E-state index contributed by atoms with van der Waals surface area (Å²) in [5.74, 6) is -0.693. The molecule has 1 aliphatic heterocycles.